The highest BCUT2D eigenvalue weighted by atomic mass is 79.9. The first-order valence-electron chi connectivity index (χ1n) is 5.71. The molecule has 1 heterocycles. The molecule has 1 aromatic carbocycles. The van der Waals surface area contributed by atoms with E-state index < -0.39 is 0 Å². The Morgan fingerprint density at radius 3 is 2.72 bits per heavy atom. The highest BCUT2D eigenvalue weighted by Gasteiger charge is 2.29. The van der Waals surface area contributed by atoms with Crippen LogP contribution >= 0.6 is 31.9 Å². The molecule has 1 N–H and O–H groups in total. The van der Waals surface area contributed by atoms with Gasteiger partial charge in [-0.2, -0.15) is 0 Å². The molecule has 3 rings (SSSR count). The van der Waals surface area contributed by atoms with Crippen LogP contribution in [0, 0.1) is 0 Å². The predicted octanol–water partition coefficient (Wildman–Crippen LogP) is 3.84. The molecule has 1 fully saturated rings. The van der Waals surface area contributed by atoms with E-state index in [1.54, 1.807) is 0 Å². The van der Waals surface area contributed by atoms with Gasteiger partial charge in [0.05, 0.1) is 5.69 Å². The van der Waals surface area contributed by atoms with Crippen molar-refractivity contribution in [3.8, 4) is 11.4 Å². The molecular weight excluding hydrogens is 360 g/mol. The molecule has 92 valence electrons. The summed E-state index contributed by atoms with van der Waals surface area (Å²) in [6.07, 6.45) is 2.24. The average molecular weight is 370 g/mol. The predicted molar refractivity (Wildman–Crippen MR) is 77.7 cm³/mol. The van der Waals surface area contributed by atoms with Crippen molar-refractivity contribution >= 4 is 31.9 Å². The Bertz CT molecular complexity index is 662. The highest BCUT2D eigenvalue weighted by molar-refractivity contribution is 9.10. The van der Waals surface area contributed by atoms with Gasteiger partial charge in [0.25, 0.3) is 5.56 Å². The second-order valence-electron chi connectivity index (χ2n) is 4.40. The van der Waals surface area contributed by atoms with Gasteiger partial charge < -0.3 is 4.98 Å². The van der Waals surface area contributed by atoms with Crippen LogP contribution in [0.5, 0.6) is 0 Å². The minimum atomic E-state index is -0.109. The van der Waals surface area contributed by atoms with Crippen LogP contribution in [0.3, 0.4) is 0 Å². The number of halogens is 2. The average Bonchev–Trinajstić information content (AvgIpc) is 3.16. The molecular formula is C13H10Br2N2O. The zero-order valence-electron chi connectivity index (χ0n) is 9.41. The summed E-state index contributed by atoms with van der Waals surface area (Å²) in [5.74, 6) is 1.07. The maximum Gasteiger partial charge on any atom is 0.265 e. The highest BCUT2D eigenvalue weighted by Crippen LogP contribution is 2.41. The van der Waals surface area contributed by atoms with Gasteiger partial charge in [-0.3, -0.25) is 4.79 Å². The second kappa shape index (κ2) is 4.63. The van der Waals surface area contributed by atoms with Gasteiger partial charge in [0.15, 0.2) is 0 Å². The van der Waals surface area contributed by atoms with E-state index in [4.69, 9.17) is 0 Å². The number of benzene rings is 1. The summed E-state index contributed by atoms with van der Waals surface area (Å²) in [6.45, 7) is 0. The molecule has 0 aliphatic heterocycles. The number of hydrogen-bond acceptors (Lipinski definition) is 2. The zero-order chi connectivity index (χ0) is 12.7. The van der Waals surface area contributed by atoms with Crippen LogP contribution in [0.1, 0.15) is 24.5 Å². The van der Waals surface area contributed by atoms with Crippen LogP contribution in [0.15, 0.2) is 38.0 Å². The third-order valence-electron chi connectivity index (χ3n) is 2.95. The third-order valence-corrected chi connectivity index (χ3v) is 4.21. The van der Waals surface area contributed by atoms with E-state index in [1.165, 1.54) is 0 Å². The lowest BCUT2D eigenvalue weighted by Crippen LogP contribution is -2.13. The molecule has 1 aliphatic rings. The van der Waals surface area contributed by atoms with Gasteiger partial charge in [-0.05, 0) is 40.9 Å². The lowest BCUT2D eigenvalue weighted by atomic mass is 10.2. The van der Waals surface area contributed by atoms with Crippen LogP contribution < -0.4 is 5.56 Å². The first-order chi connectivity index (χ1) is 8.65. The Balaban J connectivity index is 2.15. The minimum absolute atomic E-state index is 0.109. The van der Waals surface area contributed by atoms with Crippen molar-refractivity contribution in [1.82, 2.24) is 9.97 Å². The van der Waals surface area contributed by atoms with E-state index in [1.807, 2.05) is 24.3 Å². The van der Waals surface area contributed by atoms with Gasteiger partial charge in [-0.15, -0.1) is 0 Å². The molecule has 0 unspecified atom stereocenters. The quantitative estimate of drug-likeness (QED) is 0.874. The Morgan fingerprint density at radius 1 is 1.28 bits per heavy atom. The lowest BCUT2D eigenvalue weighted by Gasteiger charge is -2.06. The van der Waals surface area contributed by atoms with E-state index in [9.17, 15) is 4.79 Å². The molecule has 0 spiro atoms. The standard InChI is InChI=1S/C13H10Br2N2O/c14-9-3-1-2-8(6-9)12-16-11(7-4-5-7)10(15)13(18)17-12/h1-3,6-7H,4-5H2,(H,16,17,18). The molecule has 0 atom stereocenters. The maximum atomic E-state index is 11.9. The van der Waals surface area contributed by atoms with Gasteiger partial charge in [0, 0.05) is 16.0 Å². The normalized spacial score (nSPS) is 14.8. The van der Waals surface area contributed by atoms with Crippen LogP contribution in [0.25, 0.3) is 11.4 Å². The van der Waals surface area contributed by atoms with Crippen molar-refractivity contribution < 1.29 is 0 Å². The summed E-state index contributed by atoms with van der Waals surface area (Å²) in [5, 5.41) is 0. The molecule has 0 amide bonds. The summed E-state index contributed by atoms with van der Waals surface area (Å²) in [4.78, 5) is 19.3. The molecule has 0 radical (unpaired) electrons. The number of nitrogens with one attached hydrogen (secondary N) is 1. The Kier molecular flexibility index (Phi) is 3.11. The minimum Gasteiger partial charge on any atom is -0.306 e. The van der Waals surface area contributed by atoms with Gasteiger partial charge in [0.1, 0.15) is 10.3 Å². The van der Waals surface area contributed by atoms with E-state index in [0.717, 1.165) is 28.6 Å². The van der Waals surface area contributed by atoms with E-state index >= 15 is 0 Å². The van der Waals surface area contributed by atoms with E-state index in [-0.39, 0.29) is 5.56 Å². The molecule has 3 nitrogen and oxygen atoms in total. The monoisotopic (exact) mass is 368 g/mol. The Labute approximate surface area is 121 Å². The molecule has 1 aliphatic carbocycles. The van der Waals surface area contributed by atoms with Crippen molar-refractivity contribution in [2.75, 3.05) is 0 Å². The first kappa shape index (κ1) is 12.1. The number of rotatable bonds is 2. The summed E-state index contributed by atoms with van der Waals surface area (Å²) >= 11 is 6.75. The molecule has 2 aromatic rings. The van der Waals surface area contributed by atoms with E-state index in [0.29, 0.717) is 16.2 Å². The van der Waals surface area contributed by atoms with E-state index in [2.05, 4.69) is 41.8 Å². The number of aromatic nitrogens is 2. The molecule has 1 saturated carbocycles. The van der Waals surface area contributed by atoms with Crippen molar-refractivity contribution in [2.45, 2.75) is 18.8 Å². The van der Waals surface area contributed by atoms with Crippen LogP contribution in [-0.4, -0.2) is 9.97 Å². The lowest BCUT2D eigenvalue weighted by molar-refractivity contribution is 0.960. The fourth-order valence-corrected chi connectivity index (χ4v) is 2.79. The Hall–Kier alpha value is -0.940. The largest absolute Gasteiger partial charge is 0.306 e. The van der Waals surface area contributed by atoms with Crippen LogP contribution in [0.2, 0.25) is 0 Å². The zero-order valence-corrected chi connectivity index (χ0v) is 12.6. The third kappa shape index (κ3) is 2.29. The molecule has 1 aromatic heterocycles. The van der Waals surface area contributed by atoms with Gasteiger partial charge in [0.2, 0.25) is 0 Å². The fraction of sp³-hybridized carbons (Fsp3) is 0.231. The smallest absolute Gasteiger partial charge is 0.265 e. The van der Waals surface area contributed by atoms with Gasteiger partial charge >= 0.3 is 0 Å². The van der Waals surface area contributed by atoms with Crippen molar-refractivity contribution in [3.05, 3.63) is 49.3 Å². The SMILES string of the molecule is O=c1[nH]c(-c2cccc(Br)c2)nc(C2CC2)c1Br. The summed E-state index contributed by atoms with van der Waals surface area (Å²) in [7, 11) is 0. The molecule has 5 heteroatoms. The summed E-state index contributed by atoms with van der Waals surface area (Å²) in [5.41, 5.74) is 1.69. The topological polar surface area (TPSA) is 45.8 Å². The fourth-order valence-electron chi connectivity index (χ4n) is 1.88. The van der Waals surface area contributed by atoms with Gasteiger partial charge in [-0.1, -0.05) is 28.1 Å². The Morgan fingerprint density at radius 2 is 2.06 bits per heavy atom. The maximum absolute atomic E-state index is 11.9. The van der Waals surface area contributed by atoms with Crippen LogP contribution in [-0.2, 0) is 0 Å². The summed E-state index contributed by atoms with van der Waals surface area (Å²) < 4.78 is 1.54. The van der Waals surface area contributed by atoms with Crippen LogP contribution in [0.4, 0.5) is 0 Å². The number of H-pyrrole nitrogens is 1. The van der Waals surface area contributed by atoms with Crippen molar-refractivity contribution in [3.63, 3.8) is 0 Å². The first-order valence-corrected chi connectivity index (χ1v) is 7.29. The molecule has 0 saturated heterocycles. The summed E-state index contributed by atoms with van der Waals surface area (Å²) in [6, 6.07) is 7.76. The molecule has 0 bridgehead atoms. The van der Waals surface area contributed by atoms with Crippen molar-refractivity contribution in [1.29, 1.82) is 0 Å². The van der Waals surface area contributed by atoms with Crippen molar-refractivity contribution in [2.24, 2.45) is 0 Å². The number of hydrogen-bond donors (Lipinski definition) is 1. The number of nitrogens with zero attached hydrogens (tertiary/aromatic N) is 1. The number of aromatic amines is 1. The second-order valence-corrected chi connectivity index (χ2v) is 6.11. The molecule has 18 heavy (non-hydrogen) atoms. The van der Waals surface area contributed by atoms with Gasteiger partial charge in [-0.25, -0.2) is 4.98 Å².